The number of benzene rings is 9. The lowest BCUT2D eigenvalue weighted by Gasteiger charge is -2.18. The molecule has 0 atom stereocenters. The van der Waals surface area contributed by atoms with E-state index in [9.17, 15) is 0 Å². The summed E-state index contributed by atoms with van der Waals surface area (Å²) >= 11 is 0. The molecule has 0 unspecified atom stereocenters. The minimum atomic E-state index is 0.681. The third kappa shape index (κ3) is 7.58. The number of hydrogen-bond acceptors (Lipinski definition) is 2. The molecule has 0 bridgehead atoms. The normalized spacial score (nSPS) is 11.0. The Bertz CT molecular complexity index is 2900. The van der Waals surface area contributed by atoms with Gasteiger partial charge in [0, 0.05) is 16.7 Å². The van der Waals surface area contributed by atoms with Gasteiger partial charge in [0.1, 0.15) is 0 Å². The highest BCUT2D eigenvalue weighted by Gasteiger charge is 2.17. The standard InChI is InChI=1S/C58H40N2/c1-6-16-41(17-7-1)43-26-32-49(33-27-43)56-40-57(50-34-28-44(29-35-50)42-18-8-2-9-19-42)60-58(59-56)51-36-30-48(31-37-51)55-39-53(46-22-12-4-13-23-46)52(45-20-10-3-11-21-45)38-54(55)47-24-14-5-15-25-47/h1-40H. The summed E-state index contributed by atoms with van der Waals surface area (Å²) in [5.74, 6) is 0.681. The highest BCUT2D eigenvalue weighted by atomic mass is 14.9. The Morgan fingerprint density at radius 1 is 0.183 bits per heavy atom. The van der Waals surface area contributed by atoms with Crippen molar-refractivity contribution in [2.24, 2.45) is 0 Å². The molecule has 0 aliphatic carbocycles. The Labute approximate surface area is 351 Å². The molecule has 0 fully saturated rings. The molecule has 2 heteroatoms. The van der Waals surface area contributed by atoms with E-state index in [1.807, 2.05) is 12.1 Å². The largest absolute Gasteiger partial charge is 0.228 e. The van der Waals surface area contributed by atoms with E-state index in [1.54, 1.807) is 0 Å². The molecule has 10 aromatic rings. The third-order valence-electron chi connectivity index (χ3n) is 11.2. The van der Waals surface area contributed by atoms with Crippen LogP contribution in [0.5, 0.6) is 0 Å². The van der Waals surface area contributed by atoms with Gasteiger partial charge in [-0.3, -0.25) is 0 Å². The van der Waals surface area contributed by atoms with Crippen LogP contribution in [0.1, 0.15) is 0 Å². The molecule has 0 saturated heterocycles. The molecule has 0 N–H and O–H groups in total. The lowest BCUT2D eigenvalue weighted by Crippen LogP contribution is -1.96. The molecule has 1 heterocycles. The van der Waals surface area contributed by atoms with Gasteiger partial charge < -0.3 is 0 Å². The average Bonchev–Trinajstić information content (AvgIpc) is 3.35. The number of aromatic nitrogens is 2. The fourth-order valence-corrected chi connectivity index (χ4v) is 8.01. The van der Waals surface area contributed by atoms with Crippen molar-refractivity contribution in [1.29, 1.82) is 0 Å². The second-order valence-corrected chi connectivity index (χ2v) is 15.0. The molecular formula is C58H40N2. The molecule has 9 aromatic carbocycles. The first-order valence-corrected chi connectivity index (χ1v) is 20.4. The van der Waals surface area contributed by atoms with Crippen LogP contribution in [-0.4, -0.2) is 9.97 Å². The fraction of sp³-hybridized carbons (Fsp3) is 0. The average molecular weight is 765 g/mol. The zero-order valence-corrected chi connectivity index (χ0v) is 33.0. The molecule has 0 amide bonds. The van der Waals surface area contributed by atoms with E-state index in [2.05, 4.69) is 231 Å². The predicted molar refractivity (Wildman–Crippen MR) is 251 cm³/mol. The van der Waals surface area contributed by atoms with Gasteiger partial charge in [-0.05, 0) is 85.0 Å². The minimum Gasteiger partial charge on any atom is -0.228 e. The lowest BCUT2D eigenvalue weighted by molar-refractivity contribution is 1.18. The van der Waals surface area contributed by atoms with Crippen molar-refractivity contribution in [3.63, 3.8) is 0 Å². The van der Waals surface area contributed by atoms with Crippen LogP contribution >= 0.6 is 0 Å². The third-order valence-corrected chi connectivity index (χ3v) is 11.2. The monoisotopic (exact) mass is 764 g/mol. The van der Waals surface area contributed by atoms with Crippen molar-refractivity contribution in [3.8, 4) is 101 Å². The molecule has 10 rings (SSSR count). The van der Waals surface area contributed by atoms with E-state index < -0.39 is 0 Å². The van der Waals surface area contributed by atoms with Crippen LogP contribution in [0.4, 0.5) is 0 Å². The van der Waals surface area contributed by atoms with Gasteiger partial charge in [0.25, 0.3) is 0 Å². The van der Waals surface area contributed by atoms with Crippen molar-refractivity contribution in [3.05, 3.63) is 243 Å². The van der Waals surface area contributed by atoms with Crippen LogP contribution < -0.4 is 0 Å². The molecular weight excluding hydrogens is 725 g/mol. The van der Waals surface area contributed by atoms with Crippen molar-refractivity contribution in [2.45, 2.75) is 0 Å². The second kappa shape index (κ2) is 16.5. The Morgan fingerprint density at radius 3 is 0.750 bits per heavy atom. The van der Waals surface area contributed by atoms with Crippen molar-refractivity contribution < 1.29 is 0 Å². The maximum atomic E-state index is 5.22. The molecule has 2 nitrogen and oxygen atoms in total. The van der Waals surface area contributed by atoms with E-state index in [0.29, 0.717) is 5.82 Å². The van der Waals surface area contributed by atoms with Crippen LogP contribution in [0.3, 0.4) is 0 Å². The van der Waals surface area contributed by atoms with Crippen LogP contribution in [0, 0.1) is 0 Å². The minimum absolute atomic E-state index is 0.681. The SMILES string of the molecule is c1ccc(-c2ccc(-c3cc(-c4ccc(-c5ccccc5)cc4)nc(-c4ccc(-c5cc(-c6ccccc6)c(-c6ccccc6)cc5-c5ccccc5)cc4)n3)cc2)cc1. The second-order valence-electron chi connectivity index (χ2n) is 15.0. The Hall–Kier alpha value is -7.94. The Morgan fingerprint density at radius 2 is 0.417 bits per heavy atom. The van der Waals surface area contributed by atoms with Gasteiger partial charge in [-0.25, -0.2) is 9.97 Å². The molecule has 60 heavy (non-hydrogen) atoms. The highest BCUT2D eigenvalue weighted by Crippen LogP contribution is 2.42. The van der Waals surface area contributed by atoms with E-state index >= 15 is 0 Å². The first-order chi connectivity index (χ1) is 29.7. The molecule has 0 saturated carbocycles. The van der Waals surface area contributed by atoms with Gasteiger partial charge in [-0.2, -0.15) is 0 Å². The molecule has 0 aliphatic rings. The van der Waals surface area contributed by atoms with Crippen LogP contribution in [0.25, 0.3) is 101 Å². The summed E-state index contributed by atoms with van der Waals surface area (Å²) in [7, 11) is 0. The van der Waals surface area contributed by atoms with Gasteiger partial charge in [-0.1, -0.05) is 224 Å². The Kier molecular flexibility index (Phi) is 10.0. The topological polar surface area (TPSA) is 25.8 Å². The van der Waals surface area contributed by atoms with E-state index in [4.69, 9.17) is 9.97 Å². The van der Waals surface area contributed by atoms with E-state index in [0.717, 1.165) is 33.6 Å². The van der Waals surface area contributed by atoms with Crippen molar-refractivity contribution >= 4 is 0 Å². The summed E-state index contributed by atoms with van der Waals surface area (Å²) < 4.78 is 0. The van der Waals surface area contributed by atoms with Crippen LogP contribution in [0.2, 0.25) is 0 Å². The summed E-state index contributed by atoms with van der Waals surface area (Å²) in [6.07, 6.45) is 0. The maximum Gasteiger partial charge on any atom is 0.160 e. The molecule has 1 aromatic heterocycles. The summed E-state index contributed by atoms with van der Waals surface area (Å²) in [5, 5.41) is 0. The fourth-order valence-electron chi connectivity index (χ4n) is 8.01. The van der Waals surface area contributed by atoms with Crippen LogP contribution in [0.15, 0.2) is 243 Å². The number of nitrogens with zero attached hydrogens (tertiary/aromatic N) is 2. The molecule has 0 radical (unpaired) electrons. The molecule has 0 aliphatic heterocycles. The zero-order chi connectivity index (χ0) is 40.1. The van der Waals surface area contributed by atoms with E-state index in [-0.39, 0.29) is 0 Å². The van der Waals surface area contributed by atoms with Crippen LogP contribution in [-0.2, 0) is 0 Å². The number of rotatable bonds is 9. The summed E-state index contributed by atoms with van der Waals surface area (Å²) in [6.45, 7) is 0. The Balaban J connectivity index is 1.08. The van der Waals surface area contributed by atoms with E-state index in [1.165, 1.54) is 61.2 Å². The quantitative estimate of drug-likeness (QED) is 0.146. The maximum absolute atomic E-state index is 5.22. The smallest absolute Gasteiger partial charge is 0.160 e. The zero-order valence-electron chi connectivity index (χ0n) is 33.0. The molecule has 282 valence electrons. The van der Waals surface area contributed by atoms with Gasteiger partial charge >= 0.3 is 0 Å². The van der Waals surface area contributed by atoms with Crippen molar-refractivity contribution in [1.82, 2.24) is 9.97 Å². The molecule has 0 spiro atoms. The summed E-state index contributed by atoms with van der Waals surface area (Å²) in [6, 6.07) is 86.0. The first-order valence-electron chi connectivity index (χ1n) is 20.4. The van der Waals surface area contributed by atoms with Gasteiger partial charge in [0.15, 0.2) is 5.82 Å². The lowest BCUT2D eigenvalue weighted by atomic mass is 9.85. The highest BCUT2D eigenvalue weighted by molar-refractivity contribution is 5.95. The van der Waals surface area contributed by atoms with Gasteiger partial charge in [-0.15, -0.1) is 0 Å². The summed E-state index contributed by atoms with van der Waals surface area (Å²) in [5.41, 5.74) is 18.9. The van der Waals surface area contributed by atoms with Crippen molar-refractivity contribution in [2.75, 3.05) is 0 Å². The van der Waals surface area contributed by atoms with Gasteiger partial charge in [0.05, 0.1) is 11.4 Å². The predicted octanol–water partition coefficient (Wildman–Crippen LogP) is 15.5. The summed E-state index contributed by atoms with van der Waals surface area (Å²) in [4.78, 5) is 10.4. The van der Waals surface area contributed by atoms with Gasteiger partial charge in [0.2, 0.25) is 0 Å². The number of hydrogen-bond donors (Lipinski definition) is 0. The first kappa shape index (κ1) is 36.4.